The maximum absolute atomic E-state index is 12.7. The fourth-order valence-corrected chi connectivity index (χ4v) is 7.00. The molecule has 4 N–H and O–H groups in total. The number of alkyl carbamates (subject to hydrolysis) is 1. The highest BCUT2D eigenvalue weighted by Crippen LogP contribution is 2.38. The molecule has 20 heteroatoms. The summed E-state index contributed by atoms with van der Waals surface area (Å²) in [5.41, 5.74) is 2.63. The summed E-state index contributed by atoms with van der Waals surface area (Å²) in [4.78, 5) is 60.8. The van der Waals surface area contributed by atoms with E-state index < -0.39 is 41.2 Å². The number of guanidine groups is 2. The molecule has 0 fully saturated rings. The molecule has 0 saturated heterocycles. The molecule has 0 bridgehead atoms. The fourth-order valence-electron chi connectivity index (χ4n) is 7.00. The third-order valence-corrected chi connectivity index (χ3v) is 9.73. The molecule has 2 aliphatic heterocycles. The van der Waals surface area contributed by atoms with Gasteiger partial charge in [-0.25, -0.2) is 19.2 Å². The maximum atomic E-state index is 12.7. The first-order chi connectivity index (χ1) is 31.0. The number of carbonyl (C=O) groups is 4. The van der Waals surface area contributed by atoms with Crippen LogP contribution < -0.4 is 20.1 Å². The summed E-state index contributed by atoms with van der Waals surface area (Å²) in [5.74, 6) is 1.83. The lowest BCUT2D eigenvalue weighted by molar-refractivity contribution is 0.0550. The normalized spacial score (nSPS) is 15.0. The Labute approximate surface area is 384 Å². The van der Waals surface area contributed by atoms with Crippen LogP contribution in [0.25, 0.3) is 33.9 Å². The van der Waals surface area contributed by atoms with Gasteiger partial charge >= 0.3 is 24.4 Å². The van der Waals surface area contributed by atoms with Crippen molar-refractivity contribution in [3.8, 4) is 34.3 Å². The molecule has 0 radical (unpaired) electrons. The summed E-state index contributed by atoms with van der Waals surface area (Å²) in [7, 11) is 3.12. The molecule has 3 heterocycles. The van der Waals surface area contributed by atoms with Gasteiger partial charge in [0.05, 0.1) is 32.0 Å². The van der Waals surface area contributed by atoms with Crippen LogP contribution in [0.4, 0.5) is 19.2 Å². The average Bonchev–Trinajstić information content (AvgIpc) is 3.63. The molecule has 0 spiro atoms. The molecule has 356 valence electrons. The van der Waals surface area contributed by atoms with Crippen LogP contribution in [-0.4, -0.2) is 135 Å². The minimum Gasteiger partial charge on any atom is -0.496 e. The summed E-state index contributed by atoms with van der Waals surface area (Å²) in [6.07, 6.45) is 1.08. The summed E-state index contributed by atoms with van der Waals surface area (Å²) in [5, 5.41) is 33.6. The van der Waals surface area contributed by atoms with Crippen LogP contribution in [0.15, 0.2) is 58.5 Å². The van der Waals surface area contributed by atoms with Gasteiger partial charge in [0.15, 0.2) is 11.6 Å². The number of amides is 4. The van der Waals surface area contributed by atoms with Crippen molar-refractivity contribution >= 4 is 47.4 Å². The predicted octanol–water partition coefficient (Wildman–Crippen LogP) is 7.17. The minimum absolute atomic E-state index is 0.0134. The third-order valence-electron chi connectivity index (χ3n) is 9.73. The Kier molecular flexibility index (Phi) is 15.9. The SMILES string of the molecule is COc1cc(C2=CCN(/C(=N\C(=O)OC(C)(C)C)NC(=O)O)CC2)ccc1-c1nnc(-c2ccc(C3=CCN(/C(=N\C(=O)OC(C)(C)C)NC(=O)OC(C)(C)C)CC3)cc2OC)n1CCO. The Hall–Kier alpha value is -6.96. The second-order valence-corrected chi connectivity index (χ2v) is 18.3. The number of carbonyl (C=O) groups excluding carboxylic acids is 3. The number of aliphatic hydroxyl groups excluding tert-OH is 1. The van der Waals surface area contributed by atoms with Crippen LogP contribution in [0.5, 0.6) is 11.5 Å². The molecular formula is C46H61N9O11. The van der Waals surface area contributed by atoms with Crippen LogP contribution in [-0.2, 0) is 20.8 Å². The van der Waals surface area contributed by atoms with Crippen molar-refractivity contribution in [2.75, 3.05) is 47.0 Å². The number of benzene rings is 2. The number of hydrogen-bond donors (Lipinski definition) is 4. The van der Waals surface area contributed by atoms with Gasteiger partial charge in [0, 0.05) is 32.7 Å². The van der Waals surface area contributed by atoms with Gasteiger partial charge in [0.1, 0.15) is 28.3 Å². The van der Waals surface area contributed by atoms with Crippen molar-refractivity contribution in [2.24, 2.45) is 9.98 Å². The van der Waals surface area contributed by atoms with E-state index in [0.29, 0.717) is 66.8 Å². The molecule has 0 saturated carbocycles. The molecule has 2 aliphatic rings. The van der Waals surface area contributed by atoms with Crippen LogP contribution >= 0.6 is 0 Å². The van der Waals surface area contributed by atoms with Gasteiger partial charge in [-0.15, -0.1) is 20.2 Å². The van der Waals surface area contributed by atoms with Gasteiger partial charge in [-0.05, 0) is 122 Å². The van der Waals surface area contributed by atoms with Gasteiger partial charge in [-0.1, -0.05) is 24.3 Å². The first kappa shape index (κ1) is 50.0. The zero-order valence-corrected chi connectivity index (χ0v) is 39.5. The third kappa shape index (κ3) is 13.8. The van der Waals surface area contributed by atoms with Crippen LogP contribution in [0, 0.1) is 0 Å². The number of nitrogens with zero attached hydrogens (tertiary/aromatic N) is 7. The van der Waals surface area contributed by atoms with Crippen molar-refractivity contribution in [3.63, 3.8) is 0 Å². The van der Waals surface area contributed by atoms with Crippen molar-refractivity contribution in [3.05, 3.63) is 59.7 Å². The first-order valence-corrected chi connectivity index (χ1v) is 21.4. The maximum Gasteiger partial charge on any atom is 0.437 e. The average molecular weight is 916 g/mol. The second kappa shape index (κ2) is 20.9. The van der Waals surface area contributed by atoms with Crippen molar-refractivity contribution in [1.29, 1.82) is 0 Å². The number of hydrogen-bond acceptors (Lipinski definition) is 12. The number of carboxylic acid groups (broad SMARTS) is 1. The van der Waals surface area contributed by atoms with E-state index in [9.17, 15) is 29.4 Å². The Balaban J connectivity index is 1.38. The molecule has 20 nitrogen and oxygen atoms in total. The largest absolute Gasteiger partial charge is 0.496 e. The Morgan fingerprint density at radius 3 is 1.44 bits per heavy atom. The van der Waals surface area contributed by atoms with Gasteiger partial charge in [0.25, 0.3) is 0 Å². The van der Waals surface area contributed by atoms with Gasteiger partial charge < -0.3 is 48.3 Å². The Morgan fingerprint density at radius 1 is 0.667 bits per heavy atom. The first-order valence-electron chi connectivity index (χ1n) is 21.4. The minimum atomic E-state index is -1.36. The number of aliphatic hydroxyl groups is 1. The molecule has 0 aliphatic carbocycles. The monoisotopic (exact) mass is 915 g/mol. The molecule has 5 rings (SSSR count). The summed E-state index contributed by atoms with van der Waals surface area (Å²) < 4.78 is 29.7. The summed E-state index contributed by atoms with van der Waals surface area (Å²) >= 11 is 0. The molecular weight excluding hydrogens is 855 g/mol. The lowest BCUT2D eigenvalue weighted by Crippen LogP contribution is -2.48. The van der Waals surface area contributed by atoms with Gasteiger partial charge in [-0.2, -0.15) is 0 Å². The standard InChI is InChI=1S/C46H61N9O11/c1-44(2,3)64-41(59)48-38(47-40(57)58)53-20-16-28(17-21-53)30-12-14-32(34(26-30)62-10)36-51-52-37(55(36)24-25-56)33-15-13-31(27-35(33)63-11)29-18-22-54(23-19-29)39(49-42(60)65-45(4,5)6)50-43(61)66-46(7,8)9/h12-16,18,26-27,56H,17,19-25H2,1-11H3,(H,57,58)(H,47,48,59)(H,49,50,60,61). The van der Waals surface area contributed by atoms with Crippen molar-refractivity contribution in [1.82, 2.24) is 35.2 Å². The molecule has 1 aromatic heterocycles. The molecule has 66 heavy (non-hydrogen) atoms. The van der Waals surface area contributed by atoms with E-state index >= 15 is 0 Å². The van der Waals surface area contributed by atoms with E-state index in [1.165, 1.54) is 0 Å². The zero-order chi connectivity index (χ0) is 48.6. The van der Waals surface area contributed by atoms with Gasteiger partial charge in [-0.3, -0.25) is 10.6 Å². The number of methoxy groups -OCH3 is 2. The highest BCUT2D eigenvalue weighted by Gasteiger charge is 2.28. The van der Waals surface area contributed by atoms with E-state index in [1.807, 2.05) is 48.6 Å². The number of aromatic nitrogens is 3. The highest BCUT2D eigenvalue weighted by atomic mass is 16.6. The molecule has 0 unspecified atom stereocenters. The lowest BCUT2D eigenvalue weighted by atomic mass is 9.97. The van der Waals surface area contributed by atoms with Crippen LogP contribution in [0.1, 0.15) is 86.3 Å². The van der Waals surface area contributed by atoms with Crippen LogP contribution in [0.2, 0.25) is 0 Å². The number of ether oxygens (including phenoxy) is 5. The van der Waals surface area contributed by atoms with E-state index in [0.717, 1.165) is 22.3 Å². The number of aliphatic imine (C=N–C) groups is 2. The van der Waals surface area contributed by atoms with Crippen LogP contribution in [0.3, 0.4) is 0 Å². The molecule has 4 amide bonds. The molecule has 3 aromatic rings. The zero-order valence-electron chi connectivity index (χ0n) is 39.5. The number of rotatable bonds is 8. The molecule has 2 aromatic carbocycles. The van der Waals surface area contributed by atoms with Crippen molar-refractivity contribution < 1.29 is 53.1 Å². The van der Waals surface area contributed by atoms with E-state index in [2.05, 4.69) is 30.8 Å². The highest BCUT2D eigenvalue weighted by molar-refractivity contribution is 6.00. The Morgan fingerprint density at radius 2 is 1.09 bits per heavy atom. The number of nitrogens with one attached hydrogen (secondary N) is 2. The predicted molar refractivity (Wildman–Crippen MR) is 247 cm³/mol. The van der Waals surface area contributed by atoms with E-state index in [1.54, 1.807) is 90.9 Å². The fraction of sp³-hybridized carbons (Fsp3) is 0.478. The van der Waals surface area contributed by atoms with Gasteiger partial charge in [0.2, 0.25) is 11.9 Å². The molecule has 0 atom stereocenters. The summed E-state index contributed by atoms with van der Waals surface area (Å²) in [6, 6.07) is 11.4. The summed E-state index contributed by atoms with van der Waals surface area (Å²) in [6.45, 7) is 16.8. The topological polar surface area (TPSA) is 241 Å². The van der Waals surface area contributed by atoms with E-state index in [4.69, 9.17) is 23.7 Å². The smallest absolute Gasteiger partial charge is 0.437 e. The Bertz CT molecular complexity index is 2420. The van der Waals surface area contributed by atoms with E-state index in [-0.39, 0.29) is 31.6 Å². The lowest BCUT2D eigenvalue weighted by Gasteiger charge is -2.30. The van der Waals surface area contributed by atoms with Crippen molar-refractivity contribution in [2.45, 2.75) is 98.5 Å². The second-order valence-electron chi connectivity index (χ2n) is 18.3. The quantitative estimate of drug-likeness (QED) is 0.0995.